The number of ether oxygens (including phenoxy) is 1. The summed E-state index contributed by atoms with van der Waals surface area (Å²) in [5, 5.41) is 3.25. The highest BCUT2D eigenvalue weighted by Crippen LogP contribution is 2.02. The van der Waals surface area contributed by atoms with E-state index in [0.717, 1.165) is 25.9 Å². The van der Waals surface area contributed by atoms with Crippen LogP contribution in [0.15, 0.2) is 0 Å². The van der Waals surface area contributed by atoms with E-state index >= 15 is 0 Å². The third kappa shape index (κ3) is 5.64. The molecule has 0 amide bonds. The van der Waals surface area contributed by atoms with Crippen LogP contribution in [-0.2, 0) is 9.53 Å². The molecule has 0 aliphatic heterocycles. The van der Waals surface area contributed by atoms with Crippen molar-refractivity contribution in [2.24, 2.45) is 5.92 Å². The van der Waals surface area contributed by atoms with Crippen LogP contribution in [0.5, 0.6) is 0 Å². The number of nitrogens with one attached hydrogen (secondary N) is 1. The first-order valence-corrected chi connectivity index (χ1v) is 5.04. The third-order valence-electron chi connectivity index (χ3n) is 2.13. The van der Waals surface area contributed by atoms with Crippen LogP contribution in [0.25, 0.3) is 0 Å². The molecule has 78 valence electrons. The van der Waals surface area contributed by atoms with Gasteiger partial charge in [-0.05, 0) is 19.4 Å². The smallest absolute Gasteiger partial charge is 0.309 e. The SMILES string of the molecule is CCCCNCC(CC)C(=O)OC. The number of esters is 1. The second kappa shape index (κ2) is 8.05. The van der Waals surface area contributed by atoms with Crippen LogP contribution in [0.4, 0.5) is 0 Å². The van der Waals surface area contributed by atoms with Crippen molar-refractivity contribution >= 4 is 5.97 Å². The topological polar surface area (TPSA) is 38.3 Å². The van der Waals surface area contributed by atoms with E-state index < -0.39 is 0 Å². The molecule has 0 aliphatic carbocycles. The highest BCUT2D eigenvalue weighted by molar-refractivity contribution is 5.72. The first-order valence-electron chi connectivity index (χ1n) is 5.04. The molecule has 0 aromatic rings. The minimum atomic E-state index is -0.105. The fourth-order valence-electron chi connectivity index (χ4n) is 1.14. The molecule has 0 rings (SSSR count). The lowest BCUT2D eigenvalue weighted by atomic mass is 10.1. The summed E-state index contributed by atoms with van der Waals surface area (Å²) in [5.41, 5.74) is 0. The standard InChI is InChI=1S/C10H21NO2/c1-4-6-7-11-8-9(5-2)10(12)13-3/h9,11H,4-8H2,1-3H3. The number of rotatable bonds is 7. The van der Waals surface area contributed by atoms with Crippen LogP contribution in [0, 0.1) is 5.92 Å². The van der Waals surface area contributed by atoms with Gasteiger partial charge in [-0.25, -0.2) is 0 Å². The Balaban J connectivity index is 3.53. The van der Waals surface area contributed by atoms with E-state index in [1.54, 1.807) is 0 Å². The zero-order chi connectivity index (χ0) is 10.1. The molecule has 3 nitrogen and oxygen atoms in total. The average molecular weight is 187 g/mol. The average Bonchev–Trinajstić information content (AvgIpc) is 2.17. The summed E-state index contributed by atoms with van der Waals surface area (Å²) in [6.07, 6.45) is 3.19. The number of methoxy groups -OCH3 is 1. The Labute approximate surface area is 80.8 Å². The van der Waals surface area contributed by atoms with Gasteiger partial charge in [0, 0.05) is 6.54 Å². The molecule has 0 bridgehead atoms. The van der Waals surface area contributed by atoms with Crippen molar-refractivity contribution in [2.75, 3.05) is 20.2 Å². The predicted octanol–water partition coefficient (Wildman–Crippen LogP) is 1.58. The molecule has 0 aliphatic rings. The van der Waals surface area contributed by atoms with Crippen molar-refractivity contribution in [3.63, 3.8) is 0 Å². The number of carbonyl (C=O) groups excluding carboxylic acids is 1. The predicted molar refractivity (Wildman–Crippen MR) is 53.6 cm³/mol. The molecule has 3 heteroatoms. The molecule has 13 heavy (non-hydrogen) atoms. The lowest BCUT2D eigenvalue weighted by molar-refractivity contribution is -0.145. The van der Waals surface area contributed by atoms with Crippen molar-refractivity contribution < 1.29 is 9.53 Å². The van der Waals surface area contributed by atoms with E-state index in [-0.39, 0.29) is 11.9 Å². The van der Waals surface area contributed by atoms with E-state index in [9.17, 15) is 4.79 Å². The number of carbonyl (C=O) groups is 1. The largest absolute Gasteiger partial charge is 0.469 e. The first kappa shape index (κ1) is 12.4. The molecule has 0 fully saturated rings. The normalized spacial score (nSPS) is 12.5. The van der Waals surface area contributed by atoms with Crippen molar-refractivity contribution in [1.82, 2.24) is 5.32 Å². The Bertz CT molecular complexity index is 137. The van der Waals surface area contributed by atoms with E-state index in [0.29, 0.717) is 0 Å². The molecule has 1 atom stereocenters. The Morgan fingerprint density at radius 2 is 2.15 bits per heavy atom. The molecule has 0 saturated carbocycles. The van der Waals surface area contributed by atoms with Crippen LogP contribution in [0.1, 0.15) is 33.1 Å². The van der Waals surface area contributed by atoms with Crippen molar-refractivity contribution in [3.05, 3.63) is 0 Å². The minimum Gasteiger partial charge on any atom is -0.469 e. The summed E-state index contributed by atoms with van der Waals surface area (Å²) >= 11 is 0. The van der Waals surface area contributed by atoms with E-state index in [2.05, 4.69) is 17.0 Å². The van der Waals surface area contributed by atoms with Crippen LogP contribution in [0.2, 0.25) is 0 Å². The Morgan fingerprint density at radius 1 is 1.46 bits per heavy atom. The van der Waals surface area contributed by atoms with Gasteiger partial charge in [0.25, 0.3) is 0 Å². The lowest BCUT2D eigenvalue weighted by Gasteiger charge is -2.12. The van der Waals surface area contributed by atoms with E-state index in [4.69, 9.17) is 0 Å². The maximum Gasteiger partial charge on any atom is 0.309 e. The maximum atomic E-state index is 11.1. The van der Waals surface area contributed by atoms with Gasteiger partial charge in [-0.3, -0.25) is 4.79 Å². The van der Waals surface area contributed by atoms with Crippen LogP contribution >= 0.6 is 0 Å². The molecule has 0 spiro atoms. The fourth-order valence-corrected chi connectivity index (χ4v) is 1.14. The highest BCUT2D eigenvalue weighted by atomic mass is 16.5. The van der Waals surface area contributed by atoms with Crippen LogP contribution in [-0.4, -0.2) is 26.2 Å². The zero-order valence-electron chi connectivity index (χ0n) is 8.93. The van der Waals surface area contributed by atoms with Crippen molar-refractivity contribution in [1.29, 1.82) is 0 Å². The minimum absolute atomic E-state index is 0.0156. The van der Waals surface area contributed by atoms with E-state index in [1.165, 1.54) is 13.5 Å². The molecular formula is C10H21NO2. The maximum absolute atomic E-state index is 11.1. The van der Waals surface area contributed by atoms with Gasteiger partial charge >= 0.3 is 5.97 Å². The van der Waals surface area contributed by atoms with Crippen LogP contribution < -0.4 is 5.32 Å². The van der Waals surface area contributed by atoms with Gasteiger partial charge in [0.05, 0.1) is 13.0 Å². The Hall–Kier alpha value is -0.570. The summed E-state index contributed by atoms with van der Waals surface area (Å²) in [7, 11) is 1.44. The summed E-state index contributed by atoms with van der Waals surface area (Å²) in [6, 6.07) is 0. The molecule has 0 aromatic carbocycles. The summed E-state index contributed by atoms with van der Waals surface area (Å²) in [4.78, 5) is 11.1. The lowest BCUT2D eigenvalue weighted by Crippen LogP contribution is -2.29. The molecule has 0 aromatic heterocycles. The molecule has 0 heterocycles. The second-order valence-electron chi connectivity index (χ2n) is 3.19. The van der Waals surface area contributed by atoms with E-state index in [1.807, 2.05) is 6.92 Å². The molecular weight excluding hydrogens is 166 g/mol. The number of unbranched alkanes of at least 4 members (excludes halogenated alkanes) is 1. The fraction of sp³-hybridized carbons (Fsp3) is 0.900. The summed E-state index contributed by atoms with van der Waals surface area (Å²) in [6.45, 7) is 5.88. The van der Waals surface area contributed by atoms with Gasteiger partial charge < -0.3 is 10.1 Å². The third-order valence-corrected chi connectivity index (χ3v) is 2.13. The second-order valence-corrected chi connectivity index (χ2v) is 3.19. The van der Waals surface area contributed by atoms with Crippen molar-refractivity contribution in [2.45, 2.75) is 33.1 Å². The Morgan fingerprint density at radius 3 is 2.62 bits per heavy atom. The first-order chi connectivity index (χ1) is 6.26. The molecule has 1 unspecified atom stereocenters. The van der Waals surface area contributed by atoms with Crippen LogP contribution in [0.3, 0.4) is 0 Å². The molecule has 0 saturated heterocycles. The zero-order valence-corrected chi connectivity index (χ0v) is 8.93. The van der Waals surface area contributed by atoms with Gasteiger partial charge in [-0.2, -0.15) is 0 Å². The van der Waals surface area contributed by atoms with Gasteiger partial charge in [-0.1, -0.05) is 20.3 Å². The van der Waals surface area contributed by atoms with Gasteiger partial charge in [0.2, 0.25) is 0 Å². The molecule has 1 N–H and O–H groups in total. The van der Waals surface area contributed by atoms with Gasteiger partial charge in [-0.15, -0.1) is 0 Å². The highest BCUT2D eigenvalue weighted by Gasteiger charge is 2.15. The monoisotopic (exact) mass is 187 g/mol. The van der Waals surface area contributed by atoms with Gasteiger partial charge in [0.1, 0.15) is 0 Å². The molecule has 0 radical (unpaired) electrons. The van der Waals surface area contributed by atoms with Gasteiger partial charge in [0.15, 0.2) is 0 Å². The number of hydrogen-bond acceptors (Lipinski definition) is 3. The Kier molecular flexibility index (Phi) is 7.69. The van der Waals surface area contributed by atoms with Crippen molar-refractivity contribution in [3.8, 4) is 0 Å². The number of hydrogen-bond donors (Lipinski definition) is 1. The summed E-state index contributed by atoms with van der Waals surface area (Å²) in [5.74, 6) is -0.0895. The summed E-state index contributed by atoms with van der Waals surface area (Å²) < 4.78 is 4.68. The quantitative estimate of drug-likeness (QED) is 0.485.